The highest BCUT2D eigenvalue weighted by Crippen LogP contribution is 2.14. The standard InChI is InChI=1S/C14H17NO3/c1-11(15-9-5-8-13(15)16)14(17)18-10-12-6-3-2-4-7-12/h2-4,6-7,11H,5,8-10H2,1H3. The van der Waals surface area contributed by atoms with Crippen molar-refractivity contribution in [3.63, 3.8) is 0 Å². The maximum absolute atomic E-state index is 11.8. The van der Waals surface area contributed by atoms with Gasteiger partial charge in [0.05, 0.1) is 0 Å². The lowest BCUT2D eigenvalue weighted by atomic mass is 10.2. The Morgan fingerprint density at radius 2 is 2.11 bits per heavy atom. The quantitative estimate of drug-likeness (QED) is 0.761. The molecule has 1 saturated heterocycles. The van der Waals surface area contributed by atoms with Crippen molar-refractivity contribution in [2.24, 2.45) is 0 Å². The zero-order valence-electron chi connectivity index (χ0n) is 10.5. The average Bonchev–Trinajstić information content (AvgIpc) is 2.82. The number of ether oxygens (including phenoxy) is 1. The predicted octanol–water partition coefficient (Wildman–Crippen LogP) is 1.74. The molecular weight excluding hydrogens is 230 g/mol. The molecule has 1 aromatic rings. The van der Waals surface area contributed by atoms with E-state index in [0.717, 1.165) is 12.0 Å². The number of rotatable bonds is 4. The largest absolute Gasteiger partial charge is 0.459 e. The second-order valence-electron chi connectivity index (χ2n) is 4.46. The van der Waals surface area contributed by atoms with Crippen LogP contribution < -0.4 is 0 Å². The van der Waals surface area contributed by atoms with E-state index in [1.807, 2.05) is 30.3 Å². The molecule has 96 valence electrons. The van der Waals surface area contributed by atoms with Crippen molar-refractivity contribution in [3.8, 4) is 0 Å². The van der Waals surface area contributed by atoms with Crippen LogP contribution in [0.2, 0.25) is 0 Å². The minimum absolute atomic E-state index is 0.0409. The summed E-state index contributed by atoms with van der Waals surface area (Å²) in [5, 5.41) is 0. The Bertz CT molecular complexity index is 430. The molecule has 0 N–H and O–H groups in total. The second-order valence-corrected chi connectivity index (χ2v) is 4.46. The molecule has 1 aromatic carbocycles. The molecule has 2 rings (SSSR count). The lowest BCUT2D eigenvalue weighted by molar-refractivity contribution is -0.154. The third-order valence-electron chi connectivity index (χ3n) is 3.14. The van der Waals surface area contributed by atoms with E-state index in [9.17, 15) is 9.59 Å². The van der Waals surface area contributed by atoms with E-state index < -0.39 is 6.04 Å². The SMILES string of the molecule is CC(C(=O)OCc1ccccc1)N1CCCC1=O. The molecule has 0 spiro atoms. The van der Waals surface area contributed by atoms with Gasteiger partial charge in [0.25, 0.3) is 0 Å². The summed E-state index contributed by atoms with van der Waals surface area (Å²) in [5.74, 6) is -0.298. The number of likely N-dealkylation sites (tertiary alicyclic amines) is 1. The lowest BCUT2D eigenvalue weighted by Crippen LogP contribution is -2.40. The first-order valence-corrected chi connectivity index (χ1v) is 6.18. The van der Waals surface area contributed by atoms with Crippen molar-refractivity contribution >= 4 is 11.9 Å². The van der Waals surface area contributed by atoms with Crippen LogP contribution in [-0.4, -0.2) is 29.4 Å². The van der Waals surface area contributed by atoms with Gasteiger partial charge in [-0.2, -0.15) is 0 Å². The predicted molar refractivity (Wildman–Crippen MR) is 66.6 cm³/mol. The normalized spacial score (nSPS) is 16.7. The first-order valence-electron chi connectivity index (χ1n) is 6.18. The summed E-state index contributed by atoms with van der Waals surface area (Å²) in [6, 6.07) is 9.03. The van der Waals surface area contributed by atoms with Crippen molar-refractivity contribution in [2.75, 3.05) is 6.54 Å². The van der Waals surface area contributed by atoms with Crippen molar-refractivity contribution in [2.45, 2.75) is 32.4 Å². The van der Waals surface area contributed by atoms with E-state index in [4.69, 9.17) is 4.74 Å². The van der Waals surface area contributed by atoms with Gasteiger partial charge < -0.3 is 9.64 Å². The van der Waals surface area contributed by atoms with Gasteiger partial charge in [-0.3, -0.25) is 4.79 Å². The van der Waals surface area contributed by atoms with E-state index >= 15 is 0 Å². The summed E-state index contributed by atoms with van der Waals surface area (Å²) in [4.78, 5) is 24.9. The highest BCUT2D eigenvalue weighted by Gasteiger charge is 2.30. The minimum Gasteiger partial charge on any atom is -0.459 e. The number of benzene rings is 1. The van der Waals surface area contributed by atoms with Gasteiger partial charge in [0, 0.05) is 13.0 Å². The van der Waals surface area contributed by atoms with E-state index in [1.165, 1.54) is 0 Å². The molecule has 18 heavy (non-hydrogen) atoms. The molecule has 1 fully saturated rings. The monoisotopic (exact) mass is 247 g/mol. The summed E-state index contributed by atoms with van der Waals surface area (Å²) < 4.78 is 5.22. The van der Waals surface area contributed by atoms with Crippen LogP contribution in [0.25, 0.3) is 0 Å². The first kappa shape index (κ1) is 12.6. The number of carbonyl (C=O) groups excluding carboxylic acids is 2. The van der Waals surface area contributed by atoms with Gasteiger partial charge in [-0.15, -0.1) is 0 Å². The Balaban J connectivity index is 1.86. The van der Waals surface area contributed by atoms with E-state index in [1.54, 1.807) is 11.8 Å². The summed E-state index contributed by atoms with van der Waals surface area (Å²) >= 11 is 0. The molecule has 0 aromatic heterocycles. The third-order valence-corrected chi connectivity index (χ3v) is 3.14. The molecule has 1 heterocycles. The first-order chi connectivity index (χ1) is 8.68. The van der Waals surface area contributed by atoms with Crippen LogP contribution in [0.15, 0.2) is 30.3 Å². The van der Waals surface area contributed by atoms with Crippen molar-refractivity contribution in [1.29, 1.82) is 0 Å². The summed E-state index contributed by atoms with van der Waals surface area (Å²) in [6.45, 7) is 2.63. The van der Waals surface area contributed by atoms with Crippen LogP contribution >= 0.6 is 0 Å². The topological polar surface area (TPSA) is 46.6 Å². The lowest BCUT2D eigenvalue weighted by Gasteiger charge is -2.22. The third kappa shape index (κ3) is 2.88. The zero-order chi connectivity index (χ0) is 13.0. The molecule has 1 aliphatic rings. The number of nitrogens with zero attached hydrogens (tertiary/aromatic N) is 1. The molecule has 1 unspecified atom stereocenters. The highest BCUT2D eigenvalue weighted by atomic mass is 16.5. The molecule has 4 heteroatoms. The molecule has 0 aliphatic carbocycles. The Labute approximate surface area is 107 Å². The van der Waals surface area contributed by atoms with Crippen molar-refractivity contribution in [1.82, 2.24) is 4.90 Å². The summed E-state index contributed by atoms with van der Waals surface area (Å²) in [7, 11) is 0. The van der Waals surface area contributed by atoms with Crippen LogP contribution in [0.1, 0.15) is 25.3 Å². The molecule has 4 nitrogen and oxygen atoms in total. The van der Waals surface area contributed by atoms with Crippen molar-refractivity contribution < 1.29 is 14.3 Å². The average molecular weight is 247 g/mol. The van der Waals surface area contributed by atoms with Gasteiger partial charge in [-0.1, -0.05) is 30.3 Å². The van der Waals surface area contributed by atoms with Crippen LogP contribution in [-0.2, 0) is 20.9 Å². The van der Waals surface area contributed by atoms with E-state index in [0.29, 0.717) is 13.0 Å². The van der Waals surface area contributed by atoms with Crippen LogP contribution in [0, 0.1) is 0 Å². The molecule has 0 radical (unpaired) electrons. The number of hydrogen-bond donors (Lipinski definition) is 0. The molecule has 1 amide bonds. The highest BCUT2D eigenvalue weighted by molar-refractivity contribution is 5.85. The Kier molecular flexibility index (Phi) is 3.97. The van der Waals surface area contributed by atoms with Gasteiger partial charge in [-0.25, -0.2) is 4.79 Å². The number of hydrogen-bond acceptors (Lipinski definition) is 3. The van der Waals surface area contributed by atoms with Crippen LogP contribution in [0.4, 0.5) is 0 Å². The Morgan fingerprint density at radius 1 is 1.39 bits per heavy atom. The Hall–Kier alpha value is -1.84. The van der Waals surface area contributed by atoms with Gasteiger partial charge >= 0.3 is 5.97 Å². The van der Waals surface area contributed by atoms with Crippen LogP contribution in [0.3, 0.4) is 0 Å². The van der Waals surface area contributed by atoms with Gasteiger partial charge in [0.1, 0.15) is 12.6 Å². The number of amides is 1. The maximum atomic E-state index is 11.8. The molecule has 1 atom stereocenters. The summed E-state index contributed by atoms with van der Waals surface area (Å²) in [5.41, 5.74) is 0.950. The van der Waals surface area contributed by atoms with Gasteiger partial charge in [0.15, 0.2) is 0 Å². The van der Waals surface area contributed by atoms with Crippen molar-refractivity contribution in [3.05, 3.63) is 35.9 Å². The molecule has 1 aliphatic heterocycles. The fraction of sp³-hybridized carbons (Fsp3) is 0.429. The molecule has 0 saturated carbocycles. The maximum Gasteiger partial charge on any atom is 0.328 e. The van der Waals surface area contributed by atoms with Crippen LogP contribution in [0.5, 0.6) is 0 Å². The van der Waals surface area contributed by atoms with E-state index in [2.05, 4.69) is 0 Å². The minimum atomic E-state index is -0.483. The van der Waals surface area contributed by atoms with E-state index in [-0.39, 0.29) is 18.5 Å². The second kappa shape index (κ2) is 5.67. The number of carbonyl (C=O) groups is 2. The number of esters is 1. The molecule has 0 bridgehead atoms. The summed E-state index contributed by atoms with van der Waals surface area (Å²) in [6.07, 6.45) is 1.37. The molecular formula is C14H17NO3. The van der Waals surface area contributed by atoms with Gasteiger partial charge in [-0.05, 0) is 18.9 Å². The smallest absolute Gasteiger partial charge is 0.328 e. The fourth-order valence-electron chi connectivity index (χ4n) is 2.06. The fourth-order valence-corrected chi connectivity index (χ4v) is 2.06. The Morgan fingerprint density at radius 3 is 2.72 bits per heavy atom. The van der Waals surface area contributed by atoms with Gasteiger partial charge in [0.2, 0.25) is 5.91 Å². The zero-order valence-corrected chi connectivity index (χ0v) is 10.5.